The highest BCUT2D eigenvalue weighted by molar-refractivity contribution is 7.88. The van der Waals surface area contributed by atoms with E-state index in [9.17, 15) is 22.7 Å². The van der Waals surface area contributed by atoms with Crippen LogP contribution in [0.3, 0.4) is 0 Å². The van der Waals surface area contributed by atoms with E-state index in [1.54, 1.807) is 6.07 Å². The quantitative estimate of drug-likeness (QED) is 0.814. The van der Waals surface area contributed by atoms with Crippen molar-refractivity contribution in [2.45, 2.75) is 0 Å². The number of rotatable bonds is 3. The van der Waals surface area contributed by atoms with Crippen molar-refractivity contribution in [3.8, 4) is 5.75 Å². The minimum absolute atomic E-state index is 0.00807. The van der Waals surface area contributed by atoms with Crippen molar-refractivity contribution < 1.29 is 22.7 Å². The van der Waals surface area contributed by atoms with E-state index in [1.807, 2.05) is 0 Å². The normalized spacial score (nSPS) is 15.7. The standard InChI is InChI=1S/C17H13ClFN3O4S/c1-22-16(17(24)20-11-5-6-14(19)13(18)8-11)9-15(21-27(22,25)26)10-3-2-4-12(23)7-10/h2-9,23H,1H3,(H,20,24). The van der Waals surface area contributed by atoms with Gasteiger partial charge in [-0.3, -0.25) is 4.79 Å². The zero-order valence-corrected chi connectivity index (χ0v) is 15.4. The lowest BCUT2D eigenvalue weighted by Crippen LogP contribution is -2.35. The summed E-state index contributed by atoms with van der Waals surface area (Å²) >= 11 is 5.69. The molecule has 0 aromatic heterocycles. The van der Waals surface area contributed by atoms with Crippen LogP contribution in [0.1, 0.15) is 5.56 Å². The highest BCUT2D eigenvalue weighted by atomic mass is 35.5. The Kier molecular flexibility index (Phi) is 4.90. The Bertz CT molecular complexity index is 1100. The predicted octanol–water partition coefficient (Wildman–Crippen LogP) is 2.69. The molecule has 0 spiro atoms. The number of phenols is 1. The molecule has 0 radical (unpaired) electrons. The van der Waals surface area contributed by atoms with Gasteiger partial charge in [-0.25, -0.2) is 8.70 Å². The minimum atomic E-state index is -4.15. The molecule has 7 nitrogen and oxygen atoms in total. The fourth-order valence-electron chi connectivity index (χ4n) is 2.34. The van der Waals surface area contributed by atoms with Crippen LogP contribution in [0.4, 0.5) is 10.1 Å². The zero-order valence-electron chi connectivity index (χ0n) is 13.8. The van der Waals surface area contributed by atoms with Gasteiger partial charge >= 0.3 is 10.2 Å². The second kappa shape index (κ2) is 7.01. The summed E-state index contributed by atoms with van der Waals surface area (Å²) < 4.78 is 42.2. The molecule has 0 atom stereocenters. The van der Waals surface area contributed by atoms with Gasteiger partial charge in [-0.15, -0.1) is 4.40 Å². The first-order chi connectivity index (χ1) is 12.7. The molecule has 27 heavy (non-hydrogen) atoms. The van der Waals surface area contributed by atoms with E-state index in [0.717, 1.165) is 10.4 Å². The molecule has 0 fully saturated rings. The minimum Gasteiger partial charge on any atom is -0.508 e. The van der Waals surface area contributed by atoms with Crippen LogP contribution in [-0.4, -0.2) is 36.5 Å². The molecule has 2 N–H and O–H groups in total. The van der Waals surface area contributed by atoms with Crippen LogP contribution in [0.15, 0.2) is 58.6 Å². The molecule has 0 saturated heterocycles. The van der Waals surface area contributed by atoms with Gasteiger partial charge in [0.05, 0.1) is 10.7 Å². The van der Waals surface area contributed by atoms with Crippen molar-refractivity contribution in [3.05, 3.63) is 70.6 Å². The van der Waals surface area contributed by atoms with E-state index in [4.69, 9.17) is 11.6 Å². The third kappa shape index (κ3) is 3.93. The SMILES string of the molecule is CN1C(C(=O)Nc2ccc(F)c(Cl)c2)=CC(c2cccc(O)c2)=NS1(=O)=O. The molecule has 1 aliphatic rings. The Labute approximate surface area is 159 Å². The van der Waals surface area contributed by atoms with Gasteiger partial charge in [0.2, 0.25) is 0 Å². The van der Waals surface area contributed by atoms with Gasteiger partial charge in [-0.2, -0.15) is 8.42 Å². The van der Waals surface area contributed by atoms with Crippen molar-refractivity contribution >= 4 is 39.1 Å². The number of carbonyl (C=O) groups excluding carboxylic acids is 1. The first kappa shape index (κ1) is 18.9. The number of anilines is 1. The van der Waals surface area contributed by atoms with Gasteiger partial charge in [-0.1, -0.05) is 23.7 Å². The first-order valence-electron chi connectivity index (χ1n) is 7.54. The maximum atomic E-state index is 13.2. The van der Waals surface area contributed by atoms with Gasteiger partial charge in [0, 0.05) is 18.3 Å². The van der Waals surface area contributed by atoms with Crippen LogP contribution in [0, 0.1) is 5.82 Å². The molecule has 10 heteroatoms. The van der Waals surface area contributed by atoms with Gasteiger partial charge in [0.1, 0.15) is 17.3 Å². The van der Waals surface area contributed by atoms with E-state index < -0.39 is 21.9 Å². The van der Waals surface area contributed by atoms with Crippen LogP contribution in [0.5, 0.6) is 5.75 Å². The smallest absolute Gasteiger partial charge is 0.345 e. The summed E-state index contributed by atoms with van der Waals surface area (Å²) in [4.78, 5) is 12.6. The van der Waals surface area contributed by atoms with Crippen molar-refractivity contribution in [1.82, 2.24) is 4.31 Å². The van der Waals surface area contributed by atoms with E-state index in [0.29, 0.717) is 5.56 Å². The monoisotopic (exact) mass is 409 g/mol. The third-order valence-electron chi connectivity index (χ3n) is 3.72. The zero-order chi connectivity index (χ0) is 19.8. The van der Waals surface area contributed by atoms with Crippen LogP contribution < -0.4 is 5.32 Å². The average molecular weight is 410 g/mol. The molecule has 2 aromatic rings. The maximum Gasteiger partial charge on any atom is 0.345 e. The number of hydrogen-bond donors (Lipinski definition) is 2. The number of benzene rings is 2. The number of nitrogens with one attached hydrogen (secondary N) is 1. The van der Waals surface area contributed by atoms with Crippen molar-refractivity contribution in [3.63, 3.8) is 0 Å². The van der Waals surface area contributed by atoms with E-state index >= 15 is 0 Å². The summed E-state index contributed by atoms with van der Waals surface area (Å²) in [5.74, 6) is -1.48. The Morgan fingerprint density at radius 1 is 1.26 bits per heavy atom. The van der Waals surface area contributed by atoms with Crippen LogP contribution >= 0.6 is 11.6 Å². The number of nitrogens with zero attached hydrogens (tertiary/aromatic N) is 2. The number of likely N-dealkylation sites (N-methyl/N-ethyl adjacent to an activating group) is 1. The fourth-order valence-corrected chi connectivity index (χ4v) is 3.43. The number of amides is 1. The molecular formula is C17H13ClFN3O4S. The highest BCUT2D eigenvalue weighted by Gasteiger charge is 2.30. The molecule has 3 rings (SSSR count). The highest BCUT2D eigenvalue weighted by Crippen LogP contribution is 2.24. The molecule has 1 amide bonds. The number of carbonyl (C=O) groups is 1. The number of allylic oxidation sites excluding steroid dienone is 1. The van der Waals surface area contributed by atoms with Crippen molar-refractivity contribution in [1.29, 1.82) is 0 Å². The topological polar surface area (TPSA) is 99.1 Å². The molecule has 0 unspecified atom stereocenters. The van der Waals surface area contributed by atoms with Crippen LogP contribution in [0.25, 0.3) is 0 Å². The molecule has 0 bridgehead atoms. The van der Waals surface area contributed by atoms with Crippen LogP contribution in [0.2, 0.25) is 5.02 Å². The lowest BCUT2D eigenvalue weighted by molar-refractivity contribution is -0.113. The Balaban J connectivity index is 1.98. The van der Waals surface area contributed by atoms with E-state index in [-0.39, 0.29) is 27.9 Å². The summed E-state index contributed by atoms with van der Waals surface area (Å²) in [5, 5.41) is 11.9. The van der Waals surface area contributed by atoms with Crippen LogP contribution in [-0.2, 0) is 15.0 Å². The van der Waals surface area contributed by atoms with E-state index in [2.05, 4.69) is 9.71 Å². The Hall–Kier alpha value is -2.91. The maximum absolute atomic E-state index is 13.2. The number of phenolic OH excluding ortho intramolecular Hbond substituents is 1. The fraction of sp³-hybridized carbons (Fsp3) is 0.0588. The van der Waals surface area contributed by atoms with Crippen molar-refractivity contribution in [2.24, 2.45) is 4.40 Å². The second-order valence-electron chi connectivity index (χ2n) is 5.58. The van der Waals surface area contributed by atoms with Gasteiger partial charge in [0.15, 0.2) is 0 Å². The third-order valence-corrected chi connectivity index (χ3v) is 5.33. The summed E-state index contributed by atoms with van der Waals surface area (Å²) in [6.07, 6.45) is 1.27. The summed E-state index contributed by atoms with van der Waals surface area (Å²) in [6.45, 7) is 0. The molecule has 2 aromatic carbocycles. The number of aromatic hydroxyl groups is 1. The molecule has 0 saturated carbocycles. The summed E-state index contributed by atoms with van der Waals surface area (Å²) in [7, 11) is -2.97. The molecule has 140 valence electrons. The van der Waals surface area contributed by atoms with Gasteiger partial charge in [-0.05, 0) is 36.4 Å². The lowest BCUT2D eigenvalue weighted by Gasteiger charge is -2.23. The molecular weight excluding hydrogens is 397 g/mol. The second-order valence-corrected chi connectivity index (χ2v) is 7.62. The molecule has 0 aliphatic carbocycles. The Morgan fingerprint density at radius 3 is 2.67 bits per heavy atom. The molecule has 1 heterocycles. The Morgan fingerprint density at radius 2 is 2.00 bits per heavy atom. The summed E-state index contributed by atoms with van der Waals surface area (Å²) in [5.41, 5.74) is 0.302. The lowest BCUT2D eigenvalue weighted by atomic mass is 10.1. The van der Waals surface area contributed by atoms with Gasteiger partial charge < -0.3 is 10.4 Å². The largest absolute Gasteiger partial charge is 0.508 e. The first-order valence-corrected chi connectivity index (χ1v) is 9.31. The van der Waals surface area contributed by atoms with Gasteiger partial charge in [0.25, 0.3) is 5.91 Å². The average Bonchev–Trinajstić information content (AvgIpc) is 2.60. The summed E-state index contributed by atoms with van der Waals surface area (Å²) in [6, 6.07) is 9.39. The number of hydrogen-bond acceptors (Lipinski definition) is 4. The van der Waals surface area contributed by atoms with Crippen molar-refractivity contribution in [2.75, 3.05) is 12.4 Å². The molecule has 1 aliphatic heterocycles. The van der Waals surface area contributed by atoms with E-state index in [1.165, 1.54) is 43.5 Å². The number of halogens is 2. The predicted molar refractivity (Wildman–Crippen MR) is 99.4 cm³/mol.